The SMILES string of the molecule is CCN(CC(=O)O)C1CCN(C(=O)NCCCC2CCCCC2)CC1. The Kier molecular flexibility index (Phi) is 8.52. The van der Waals surface area contributed by atoms with Gasteiger partial charge in [-0.25, -0.2) is 4.79 Å². The summed E-state index contributed by atoms with van der Waals surface area (Å²) in [7, 11) is 0. The van der Waals surface area contributed by atoms with Gasteiger partial charge in [0.25, 0.3) is 0 Å². The molecule has 0 aromatic rings. The largest absolute Gasteiger partial charge is 0.480 e. The van der Waals surface area contributed by atoms with Crippen LogP contribution in [0.5, 0.6) is 0 Å². The van der Waals surface area contributed by atoms with E-state index < -0.39 is 5.97 Å². The fourth-order valence-corrected chi connectivity index (χ4v) is 4.28. The highest BCUT2D eigenvalue weighted by atomic mass is 16.4. The maximum Gasteiger partial charge on any atom is 0.317 e. The predicted octanol–water partition coefficient (Wildman–Crippen LogP) is 2.93. The molecule has 2 N–H and O–H groups in total. The van der Waals surface area contributed by atoms with Crippen molar-refractivity contribution in [1.29, 1.82) is 0 Å². The predicted molar refractivity (Wildman–Crippen MR) is 98.7 cm³/mol. The van der Waals surface area contributed by atoms with E-state index in [9.17, 15) is 9.59 Å². The molecule has 0 unspecified atom stereocenters. The number of likely N-dealkylation sites (N-methyl/N-ethyl adjacent to an activating group) is 1. The lowest BCUT2D eigenvalue weighted by Crippen LogP contribution is -2.50. The molecule has 2 amide bonds. The van der Waals surface area contributed by atoms with E-state index in [1.54, 1.807) is 0 Å². The number of amides is 2. The molecule has 1 heterocycles. The fourth-order valence-electron chi connectivity index (χ4n) is 4.28. The third kappa shape index (κ3) is 6.84. The van der Waals surface area contributed by atoms with Crippen molar-refractivity contribution in [2.24, 2.45) is 5.92 Å². The van der Waals surface area contributed by atoms with Gasteiger partial charge in [-0.15, -0.1) is 0 Å². The molecule has 1 aliphatic carbocycles. The van der Waals surface area contributed by atoms with Gasteiger partial charge in [-0.05, 0) is 38.1 Å². The minimum Gasteiger partial charge on any atom is -0.480 e. The number of nitrogens with one attached hydrogen (secondary N) is 1. The Bertz CT molecular complexity index is 416. The van der Waals surface area contributed by atoms with Gasteiger partial charge in [0, 0.05) is 25.7 Å². The second kappa shape index (κ2) is 10.6. The molecule has 6 heteroatoms. The Morgan fingerprint density at radius 1 is 1.12 bits per heavy atom. The number of nitrogens with zero attached hydrogens (tertiary/aromatic N) is 2. The zero-order chi connectivity index (χ0) is 18.1. The van der Waals surface area contributed by atoms with Crippen LogP contribution in [0.1, 0.15) is 64.7 Å². The van der Waals surface area contributed by atoms with Crippen molar-refractivity contribution in [3.63, 3.8) is 0 Å². The molecule has 1 aliphatic heterocycles. The van der Waals surface area contributed by atoms with Crippen LogP contribution in [-0.2, 0) is 4.79 Å². The highest BCUT2D eigenvalue weighted by Gasteiger charge is 2.27. The molecular weight excluding hydrogens is 318 g/mol. The Balaban J connectivity index is 1.61. The molecule has 1 saturated carbocycles. The lowest BCUT2D eigenvalue weighted by atomic mass is 9.86. The monoisotopic (exact) mass is 353 g/mol. The second-order valence-corrected chi connectivity index (χ2v) is 7.55. The molecular formula is C19H35N3O3. The summed E-state index contributed by atoms with van der Waals surface area (Å²) in [4.78, 5) is 27.1. The van der Waals surface area contributed by atoms with Gasteiger partial charge >= 0.3 is 12.0 Å². The van der Waals surface area contributed by atoms with E-state index in [4.69, 9.17) is 5.11 Å². The summed E-state index contributed by atoms with van der Waals surface area (Å²) < 4.78 is 0. The van der Waals surface area contributed by atoms with Gasteiger partial charge in [-0.1, -0.05) is 39.0 Å². The van der Waals surface area contributed by atoms with E-state index in [2.05, 4.69) is 5.32 Å². The molecule has 144 valence electrons. The van der Waals surface area contributed by atoms with Crippen LogP contribution in [0.2, 0.25) is 0 Å². The average Bonchev–Trinajstić information content (AvgIpc) is 2.64. The van der Waals surface area contributed by atoms with Crippen LogP contribution in [0.25, 0.3) is 0 Å². The molecule has 25 heavy (non-hydrogen) atoms. The van der Waals surface area contributed by atoms with E-state index >= 15 is 0 Å². The number of likely N-dealkylation sites (tertiary alicyclic amines) is 1. The van der Waals surface area contributed by atoms with E-state index in [-0.39, 0.29) is 18.6 Å². The number of urea groups is 1. The quantitative estimate of drug-likeness (QED) is 0.658. The van der Waals surface area contributed by atoms with E-state index in [1.165, 1.54) is 38.5 Å². The van der Waals surface area contributed by atoms with Crippen LogP contribution in [0.3, 0.4) is 0 Å². The first kappa shape index (κ1) is 20.0. The summed E-state index contributed by atoms with van der Waals surface area (Å²) in [5.41, 5.74) is 0. The third-order valence-electron chi connectivity index (χ3n) is 5.80. The van der Waals surface area contributed by atoms with Crippen LogP contribution in [0, 0.1) is 5.92 Å². The highest BCUT2D eigenvalue weighted by molar-refractivity contribution is 5.74. The van der Waals surface area contributed by atoms with Crippen molar-refractivity contribution in [3.05, 3.63) is 0 Å². The Hall–Kier alpha value is -1.30. The molecule has 1 saturated heterocycles. The molecule has 0 bridgehead atoms. The normalized spacial score (nSPS) is 20.0. The number of carbonyl (C=O) groups excluding carboxylic acids is 1. The van der Waals surface area contributed by atoms with Crippen molar-refractivity contribution in [2.75, 3.05) is 32.7 Å². The molecule has 2 rings (SSSR count). The number of hydrogen-bond acceptors (Lipinski definition) is 3. The van der Waals surface area contributed by atoms with Gasteiger partial charge in [0.1, 0.15) is 0 Å². The first-order chi connectivity index (χ1) is 12.1. The first-order valence-corrected chi connectivity index (χ1v) is 10.1. The average molecular weight is 354 g/mol. The Labute approximate surface area is 151 Å². The van der Waals surface area contributed by atoms with Gasteiger partial charge in [0.2, 0.25) is 0 Å². The van der Waals surface area contributed by atoms with Gasteiger partial charge in [-0.3, -0.25) is 9.69 Å². The zero-order valence-corrected chi connectivity index (χ0v) is 15.7. The van der Waals surface area contributed by atoms with Gasteiger partial charge < -0.3 is 15.3 Å². The molecule has 0 atom stereocenters. The van der Waals surface area contributed by atoms with Crippen molar-refractivity contribution in [1.82, 2.24) is 15.1 Å². The van der Waals surface area contributed by atoms with Crippen molar-refractivity contribution in [2.45, 2.75) is 70.8 Å². The summed E-state index contributed by atoms with van der Waals surface area (Å²) in [6.07, 6.45) is 10.9. The Morgan fingerprint density at radius 3 is 2.40 bits per heavy atom. The summed E-state index contributed by atoms with van der Waals surface area (Å²) >= 11 is 0. The Morgan fingerprint density at radius 2 is 1.80 bits per heavy atom. The van der Waals surface area contributed by atoms with Crippen molar-refractivity contribution < 1.29 is 14.7 Å². The molecule has 0 aromatic heterocycles. The van der Waals surface area contributed by atoms with E-state index in [0.29, 0.717) is 0 Å². The number of rotatable bonds is 8. The maximum absolute atomic E-state index is 12.3. The number of carboxylic acid groups (broad SMARTS) is 1. The number of carbonyl (C=O) groups is 2. The maximum atomic E-state index is 12.3. The molecule has 6 nitrogen and oxygen atoms in total. The highest BCUT2D eigenvalue weighted by Crippen LogP contribution is 2.27. The summed E-state index contributed by atoms with van der Waals surface area (Å²) in [6.45, 7) is 5.03. The fraction of sp³-hybridized carbons (Fsp3) is 0.895. The van der Waals surface area contributed by atoms with E-state index in [1.807, 2.05) is 16.7 Å². The van der Waals surface area contributed by atoms with Gasteiger partial charge in [0.15, 0.2) is 0 Å². The van der Waals surface area contributed by atoms with Crippen LogP contribution >= 0.6 is 0 Å². The molecule has 0 spiro atoms. The zero-order valence-electron chi connectivity index (χ0n) is 15.7. The number of carboxylic acids is 1. The standard InChI is InChI=1S/C19H35N3O3/c1-2-21(15-18(23)24)17-10-13-22(14-11-17)19(25)20-12-6-9-16-7-4-3-5-8-16/h16-17H,2-15H2,1H3,(H,20,25)(H,23,24). The van der Waals surface area contributed by atoms with E-state index in [0.717, 1.165) is 51.4 Å². The van der Waals surface area contributed by atoms with Gasteiger partial charge in [0.05, 0.1) is 6.54 Å². The molecule has 2 fully saturated rings. The summed E-state index contributed by atoms with van der Waals surface area (Å²) in [5.74, 6) is 0.0932. The smallest absolute Gasteiger partial charge is 0.317 e. The second-order valence-electron chi connectivity index (χ2n) is 7.55. The summed E-state index contributed by atoms with van der Waals surface area (Å²) in [5, 5.41) is 12.0. The third-order valence-corrected chi connectivity index (χ3v) is 5.80. The lowest BCUT2D eigenvalue weighted by Gasteiger charge is -2.37. The molecule has 0 radical (unpaired) electrons. The lowest BCUT2D eigenvalue weighted by molar-refractivity contribution is -0.139. The van der Waals surface area contributed by atoms with Gasteiger partial charge in [-0.2, -0.15) is 0 Å². The topological polar surface area (TPSA) is 72.9 Å². The number of aliphatic carboxylic acids is 1. The van der Waals surface area contributed by atoms with Crippen LogP contribution in [0.15, 0.2) is 0 Å². The van der Waals surface area contributed by atoms with Crippen LogP contribution in [-0.4, -0.2) is 65.7 Å². The van der Waals surface area contributed by atoms with Crippen molar-refractivity contribution >= 4 is 12.0 Å². The minimum atomic E-state index is -0.778. The molecule has 0 aromatic carbocycles. The van der Waals surface area contributed by atoms with Crippen molar-refractivity contribution in [3.8, 4) is 0 Å². The molecule has 2 aliphatic rings. The summed E-state index contributed by atoms with van der Waals surface area (Å²) in [6, 6.07) is 0.319. The van der Waals surface area contributed by atoms with Crippen LogP contribution < -0.4 is 5.32 Å². The number of hydrogen-bond donors (Lipinski definition) is 2. The first-order valence-electron chi connectivity index (χ1n) is 10.1. The number of piperidine rings is 1. The van der Waals surface area contributed by atoms with Crippen LogP contribution in [0.4, 0.5) is 4.79 Å². The minimum absolute atomic E-state index is 0.0448.